The van der Waals surface area contributed by atoms with Gasteiger partial charge >= 0.3 is 0 Å². The number of ether oxygens (including phenoxy) is 4. The number of aryl methyl sites for hydroxylation is 1. The molecule has 0 bridgehead atoms. The number of hydrogen-bond donors (Lipinski definition) is 1. The number of carbonyl (C=O) groups is 2. The summed E-state index contributed by atoms with van der Waals surface area (Å²) in [5, 5.41) is 2.88. The second-order valence-electron chi connectivity index (χ2n) is 8.38. The van der Waals surface area contributed by atoms with Crippen LogP contribution >= 0.6 is 0 Å². The molecule has 188 valence electrons. The van der Waals surface area contributed by atoms with Gasteiger partial charge in [-0.2, -0.15) is 0 Å². The number of hydrogen-bond acceptors (Lipinski definition) is 6. The number of fused-ring (bicyclic) bond motifs is 1. The zero-order valence-corrected chi connectivity index (χ0v) is 20.7. The zero-order chi connectivity index (χ0) is 25.5. The number of benzene rings is 3. The summed E-state index contributed by atoms with van der Waals surface area (Å²) < 4.78 is 22.1. The van der Waals surface area contributed by atoms with E-state index in [2.05, 4.69) is 5.32 Å². The Labute approximate surface area is 210 Å². The first-order chi connectivity index (χ1) is 17.5. The largest absolute Gasteiger partial charge is 0.496 e. The van der Waals surface area contributed by atoms with E-state index in [0.717, 1.165) is 24.2 Å². The van der Waals surface area contributed by atoms with Crippen molar-refractivity contribution in [2.75, 3.05) is 44.2 Å². The minimum atomic E-state index is -0.382. The van der Waals surface area contributed by atoms with Gasteiger partial charge in [-0.05, 0) is 67.8 Å². The molecule has 0 saturated carbocycles. The summed E-state index contributed by atoms with van der Waals surface area (Å²) in [4.78, 5) is 27.4. The summed E-state index contributed by atoms with van der Waals surface area (Å²) in [6, 6.07) is 18.3. The van der Waals surface area contributed by atoms with Gasteiger partial charge < -0.3 is 29.2 Å². The van der Waals surface area contributed by atoms with Gasteiger partial charge in [0.1, 0.15) is 28.6 Å². The normalized spacial score (nSPS) is 12.4. The molecular weight excluding hydrogens is 460 g/mol. The summed E-state index contributed by atoms with van der Waals surface area (Å²) >= 11 is 0. The molecule has 0 aliphatic carbocycles. The smallest absolute Gasteiger partial charge is 0.265 e. The Bertz CT molecular complexity index is 1220. The van der Waals surface area contributed by atoms with Crippen LogP contribution in [0.3, 0.4) is 0 Å². The van der Waals surface area contributed by atoms with Crippen LogP contribution in [0.4, 0.5) is 11.4 Å². The molecule has 3 aromatic carbocycles. The second kappa shape index (κ2) is 11.5. The van der Waals surface area contributed by atoms with Gasteiger partial charge in [0.25, 0.3) is 11.8 Å². The Morgan fingerprint density at radius 1 is 1.00 bits per heavy atom. The zero-order valence-electron chi connectivity index (χ0n) is 20.7. The molecule has 0 unspecified atom stereocenters. The van der Waals surface area contributed by atoms with Gasteiger partial charge in [-0.3, -0.25) is 9.59 Å². The number of carbonyl (C=O) groups excluding carboxylic acids is 2. The molecule has 8 nitrogen and oxygen atoms in total. The van der Waals surface area contributed by atoms with Crippen molar-refractivity contribution >= 4 is 23.2 Å². The molecule has 3 aromatic rings. The summed E-state index contributed by atoms with van der Waals surface area (Å²) in [7, 11) is 2.99. The Morgan fingerprint density at radius 3 is 2.47 bits per heavy atom. The lowest BCUT2D eigenvalue weighted by Crippen LogP contribution is -2.39. The fourth-order valence-electron chi connectivity index (χ4n) is 4.06. The average molecular weight is 491 g/mol. The Hall–Kier alpha value is -4.20. The van der Waals surface area contributed by atoms with E-state index in [-0.39, 0.29) is 24.0 Å². The van der Waals surface area contributed by atoms with Crippen molar-refractivity contribution in [2.45, 2.75) is 19.8 Å². The average Bonchev–Trinajstić information content (AvgIpc) is 2.89. The number of nitrogens with one attached hydrogen (secondary N) is 1. The molecule has 4 rings (SSSR count). The van der Waals surface area contributed by atoms with Crippen LogP contribution in [0.2, 0.25) is 0 Å². The van der Waals surface area contributed by atoms with E-state index in [1.807, 2.05) is 31.2 Å². The lowest BCUT2D eigenvalue weighted by Gasteiger charge is -2.30. The van der Waals surface area contributed by atoms with E-state index in [4.69, 9.17) is 18.9 Å². The summed E-state index contributed by atoms with van der Waals surface area (Å²) in [6.45, 7) is 3.09. The maximum absolute atomic E-state index is 13.1. The van der Waals surface area contributed by atoms with Crippen LogP contribution in [-0.2, 0) is 4.79 Å². The molecule has 0 saturated heterocycles. The number of rotatable bonds is 10. The van der Waals surface area contributed by atoms with Crippen LogP contribution in [-0.4, -0.2) is 45.8 Å². The third-order valence-corrected chi connectivity index (χ3v) is 5.85. The van der Waals surface area contributed by atoms with E-state index >= 15 is 0 Å². The summed E-state index contributed by atoms with van der Waals surface area (Å²) in [5.41, 5.74) is 2.58. The lowest BCUT2D eigenvalue weighted by molar-refractivity contribution is -0.121. The summed E-state index contributed by atoms with van der Waals surface area (Å²) in [5.74, 6) is 1.73. The highest BCUT2D eigenvalue weighted by atomic mass is 16.5. The van der Waals surface area contributed by atoms with Gasteiger partial charge in [-0.1, -0.05) is 18.2 Å². The van der Waals surface area contributed by atoms with Gasteiger partial charge in [0, 0.05) is 12.2 Å². The monoisotopic (exact) mass is 490 g/mol. The van der Waals surface area contributed by atoms with Crippen molar-refractivity contribution in [3.63, 3.8) is 0 Å². The molecule has 36 heavy (non-hydrogen) atoms. The molecule has 1 aliphatic rings. The van der Waals surface area contributed by atoms with Gasteiger partial charge in [-0.15, -0.1) is 0 Å². The van der Waals surface area contributed by atoms with Crippen LogP contribution in [0.25, 0.3) is 0 Å². The lowest BCUT2D eigenvalue weighted by atomic mass is 10.1. The Morgan fingerprint density at radius 2 is 1.75 bits per heavy atom. The minimum Gasteiger partial charge on any atom is -0.496 e. The van der Waals surface area contributed by atoms with Crippen LogP contribution < -0.4 is 29.2 Å². The van der Waals surface area contributed by atoms with Gasteiger partial charge in [0.2, 0.25) is 0 Å². The topological polar surface area (TPSA) is 86.3 Å². The molecular formula is C28H30N2O6. The van der Waals surface area contributed by atoms with Crippen molar-refractivity contribution in [3.8, 4) is 23.0 Å². The van der Waals surface area contributed by atoms with E-state index in [0.29, 0.717) is 41.8 Å². The molecule has 8 heteroatoms. The van der Waals surface area contributed by atoms with Gasteiger partial charge in [0.15, 0.2) is 6.61 Å². The SMILES string of the molecule is COc1cccc(OC)c1C(=O)Nc1ccc2c(c1)N(CCCCOc1cccc(C)c1)C(=O)CO2. The maximum atomic E-state index is 13.1. The first-order valence-electron chi connectivity index (χ1n) is 11.8. The summed E-state index contributed by atoms with van der Waals surface area (Å²) in [6.07, 6.45) is 1.55. The third kappa shape index (κ3) is 5.71. The molecule has 2 amide bonds. The van der Waals surface area contributed by atoms with Crippen LogP contribution in [0.15, 0.2) is 60.7 Å². The van der Waals surface area contributed by atoms with E-state index in [9.17, 15) is 9.59 Å². The van der Waals surface area contributed by atoms with Crippen molar-refractivity contribution in [1.29, 1.82) is 0 Å². The molecule has 0 fully saturated rings. The molecule has 0 radical (unpaired) electrons. The number of anilines is 2. The Kier molecular flexibility index (Phi) is 7.95. The van der Waals surface area contributed by atoms with Crippen molar-refractivity contribution < 1.29 is 28.5 Å². The van der Waals surface area contributed by atoms with Gasteiger partial charge in [0.05, 0.1) is 26.5 Å². The molecule has 0 atom stereocenters. The van der Waals surface area contributed by atoms with Crippen LogP contribution in [0.5, 0.6) is 23.0 Å². The minimum absolute atomic E-state index is 0.0170. The number of amides is 2. The first kappa shape index (κ1) is 24.9. The van der Waals surface area contributed by atoms with E-state index < -0.39 is 0 Å². The standard InChI is InChI=1S/C28H30N2O6/c1-19-8-6-9-21(16-19)35-15-5-4-14-30-22-17-20(12-13-23(22)36-18-26(30)31)29-28(32)27-24(33-2)10-7-11-25(27)34-3/h6-13,16-17H,4-5,14-15,18H2,1-3H3,(H,29,32). The highest BCUT2D eigenvalue weighted by Crippen LogP contribution is 2.36. The number of nitrogens with zero attached hydrogens (tertiary/aromatic N) is 1. The highest BCUT2D eigenvalue weighted by molar-refractivity contribution is 6.09. The van der Waals surface area contributed by atoms with E-state index in [1.54, 1.807) is 41.3 Å². The molecule has 0 aromatic heterocycles. The molecule has 1 N–H and O–H groups in total. The predicted molar refractivity (Wildman–Crippen MR) is 138 cm³/mol. The maximum Gasteiger partial charge on any atom is 0.265 e. The second-order valence-corrected chi connectivity index (χ2v) is 8.38. The molecule has 1 heterocycles. The fourth-order valence-corrected chi connectivity index (χ4v) is 4.06. The molecule has 0 spiro atoms. The first-order valence-corrected chi connectivity index (χ1v) is 11.8. The number of unbranched alkanes of at least 4 members (excludes halogenated alkanes) is 1. The number of methoxy groups -OCH3 is 2. The van der Waals surface area contributed by atoms with Crippen molar-refractivity contribution in [3.05, 3.63) is 71.8 Å². The fraction of sp³-hybridized carbons (Fsp3) is 0.286. The Balaban J connectivity index is 1.42. The van der Waals surface area contributed by atoms with Crippen LogP contribution in [0.1, 0.15) is 28.8 Å². The van der Waals surface area contributed by atoms with Crippen LogP contribution in [0, 0.1) is 6.92 Å². The third-order valence-electron chi connectivity index (χ3n) is 5.85. The highest BCUT2D eigenvalue weighted by Gasteiger charge is 2.26. The van der Waals surface area contributed by atoms with Crippen molar-refractivity contribution in [2.24, 2.45) is 0 Å². The molecule has 1 aliphatic heterocycles. The van der Waals surface area contributed by atoms with E-state index in [1.165, 1.54) is 14.2 Å². The predicted octanol–water partition coefficient (Wildman–Crippen LogP) is 4.85. The quantitative estimate of drug-likeness (QED) is 0.409. The van der Waals surface area contributed by atoms with Crippen molar-refractivity contribution in [1.82, 2.24) is 0 Å². The van der Waals surface area contributed by atoms with Gasteiger partial charge in [-0.25, -0.2) is 0 Å².